The van der Waals surface area contributed by atoms with Crippen LogP contribution in [0.25, 0.3) is 44.8 Å². The summed E-state index contributed by atoms with van der Waals surface area (Å²) in [7, 11) is 0. The Morgan fingerprint density at radius 1 is 0.957 bits per heavy atom. The molecule has 0 aliphatic carbocycles. The lowest BCUT2D eigenvalue weighted by Gasteiger charge is -2.22. The van der Waals surface area contributed by atoms with Crippen molar-refractivity contribution in [3.05, 3.63) is 77.6 Å². The van der Waals surface area contributed by atoms with E-state index in [0.717, 1.165) is 77.2 Å². The second-order valence-corrected chi connectivity index (χ2v) is 12.2. The van der Waals surface area contributed by atoms with Crippen LogP contribution in [0, 0.1) is 13.8 Å². The molecular weight excluding hydrogens is 604 g/mol. The Hall–Kier alpha value is -4.90. The van der Waals surface area contributed by atoms with Crippen molar-refractivity contribution in [2.75, 3.05) is 24.5 Å². The van der Waals surface area contributed by atoms with Crippen LogP contribution < -0.4 is 9.64 Å². The van der Waals surface area contributed by atoms with Crippen molar-refractivity contribution in [1.29, 1.82) is 0 Å². The van der Waals surface area contributed by atoms with Gasteiger partial charge in [0.2, 0.25) is 11.8 Å². The molecule has 0 radical (unpaired) electrons. The second kappa shape index (κ2) is 12.7. The number of ether oxygens (including phenoxy) is 1. The van der Waals surface area contributed by atoms with Gasteiger partial charge in [0.1, 0.15) is 17.3 Å². The fourth-order valence-electron chi connectivity index (χ4n) is 6.90. The van der Waals surface area contributed by atoms with Crippen LogP contribution >= 0.6 is 0 Å². The normalized spacial score (nSPS) is 16.9. The van der Waals surface area contributed by atoms with Gasteiger partial charge in [0.05, 0.1) is 0 Å². The molecule has 9 nitrogen and oxygen atoms in total. The highest BCUT2D eigenvalue weighted by atomic mass is 19.3. The molecule has 2 aliphatic rings. The van der Waals surface area contributed by atoms with E-state index in [-0.39, 0.29) is 12.3 Å². The first kappa shape index (κ1) is 30.7. The minimum Gasteiger partial charge on any atom is -0.480 e. The lowest BCUT2D eigenvalue weighted by atomic mass is 9.90. The van der Waals surface area contributed by atoms with Gasteiger partial charge in [-0.25, -0.2) is 15.0 Å². The SMILES string of the molecule is Cc1c(-c2cnc(N3CCCC3)nc2)cccc1-c1cccc(-c2nc3cc(CN4CCC[C@H]4C(=O)O)c(OC(F)F)cc3o2)c1C. The molecular formula is C36H35F2N5O4. The summed E-state index contributed by atoms with van der Waals surface area (Å²) in [5.74, 6) is 0.136. The molecule has 242 valence electrons. The Labute approximate surface area is 270 Å². The molecule has 0 bridgehead atoms. The zero-order chi connectivity index (χ0) is 32.7. The molecule has 7 rings (SSSR count). The lowest BCUT2D eigenvalue weighted by molar-refractivity contribution is -0.142. The van der Waals surface area contributed by atoms with Crippen molar-refractivity contribution in [2.24, 2.45) is 0 Å². The zero-order valence-electron chi connectivity index (χ0n) is 26.2. The van der Waals surface area contributed by atoms with Gasteiger partial charge in [-0.3, -0.25) is 9.69 Å². The molecule has 47 heavy (non-hydrogen) atoms. The Bertz CT molecular complexity index is 1940. The number of oxazole rings is 1. The Morgan fingerprint density at radius 2 is 1.62 bits per heavy atom. The first-order chi connectivity index (χ1) is 22.8. The van der Waals surface area contributed by atoms with E-state index in [4.69, 9.17) is 14.1 Å². The molecule has 2 aliphatic heterocycles. The van der Waals surface area contributed by atoms with Crippen molar-refractivity contribution < 1.29 is 27.8 Å². The number of nitrogens with zero attached hydrogens (tertiary/aromatic N) is 5. The first-order valence-electron chi connectivity index (χ1n) is 15.9. The smallest absolute Gasteiger partial charge is 0.387 e. The minimum atomic E-state index is -3.05. The van der Waals surface area contributed by atoms with Crippen LogP contribution in [0.5, 0.6) is 5.75 Å². The van der Waals surface area contributed by atoms with E-state index in [0.29, 0.717) is 35.5 Å². The topological polar surface area (TPSA) is 105 Å². The number of carbonyl (C=O) groups is 1. The number of carboxylic acids is 1. The highest BCUT2D eigenvalue weighted by Gasteiger charge is 2.31. The van der Waals surface area contributed by atoms with Gasteiger partial charge in [0.25, 0.3) is 0 Å². The van der Waals surface area contributed by atoms with Crippen LogP contribution in [-0.2, 0) is 11.3 Å². The van der Waals surface area contributed by atoms with Crippen molar-refractivity contribution in [1.82, 2.24) is 19.9 Å². The van der Waals surface area contributed by atoms with E-state index in [9.17, 15) is 18.7 Å². The van der Waals surface area contributed by atoms with Gasteiger partial charge in [-0.2, -0.15) is 8.78 Å². The standard InChI is InChI=1S/C36H35F2N5O4/c1-21-25(24-18-39-36(40-19-24)42-13-3-4-14-42)8-5-9-26(21)27-10-6-11-28(22(27)2)33-41-29-16-23(20-43-15-7-12-30(43)34(44)45)31(47-35(37)38)17-32(29)46-33/h5-6,8-11,16-19,30,35H,3-4,7,12-15,20H2,1-2H3,(H,44,45)/t30-/m0/s1. The highest BCUT2D eigenvalue weighted by molar-refractivity contribution is 5.84. The van der Waals surface area contributed by atoms with Crippen LogP contribution in [0.2, 0.25) is 0 Å². The monoisotopic (exact) mass is 639 g/mol. The Kier molecular flexibility index (Phi) is 8.31. The van der Waals surface area contributed by atoms with E-state index >= 15 is 0 Å². The van der Waals surface area contributed by atoms with Crippen molar-refractivity contribution in [3.8, 4) is 39.5 Å². The van der Waals surface area contributed by atoms with E-state index in [1.165, 1.54) is 6.07 Å². The van der Waals surface area contributed by atoms with Crippen molar-refractivity contribution in [3.63, 3.8) is 0 Å². The van der Waals surface area contributed by atoms with E-state index in [2.05, 4.69) is 40.0 Å². The average molecular weight is 640 g/mol. The van der Waals surface area contributed by atoms with Crippen LogP contribution in [0.15, 0.2) is 65.3 Å². The number of anilines is 1. The average Bonchev–Trinajstić information content (AvgIpc) is 3.83. The Balaban J connectivity index is 1.22. The molecule has 2 saturated heterocycles. The second-order valence-electron chi connectivity index (χ2n) is 12.2. The Morgan fingerprint density at radius 3 is 2.30 bits per heavy atom. The van der Waals surface area contributed by atoms with Crippen LogP contribution in [-0.4, -0.2) is 63.2 Å². The largest absolute Gasteiger partial charge is 0.480 e. The zero-order valence-corrected chi connectivity index (χ0v) is 26.2. The minimum absolute atomic E-state index is 0.0541. The van der Waals surface area contributed by atoms with Gasteiger partial charge < -0.3 is 19.2 Å². The summed E-state index contributed by atoms with van der Waals surface area (Å²) in [6, 6.07) is 14.5. The molecule has 0 amide bonds. The lowest BCUT2D eigenvalue weighted by Crippen LogP contribution is -2.35. The molecule has 0 unspecified atom stereocenters. The molecule has 4 heterocycles. The molecule has 11 heteroatoms. The number of likely N-dealkylation sites (tertiary alicyclic amines) is 1. The summed E-state index contributed by atoms with van der Waals surface area (Å²) < 4.78 is 37.8. The number of rotatable bonds is 9. The summed E-state index contributed by atoms with van der Waals surface area (Å²) in [5.41, 5.74) is 8.06. The molecule has 2 aromatic heterocycles. The van der Waals surface area contributed by atoms with Gasteiger partial charge in [-0.15, -0.1) is 0 Å². The van der Waals surface area contributed by atoms with Crippen molar-refractivity contribution in [2.45, 2.75) is 58.7 Å². The number of benzene rings is 3. The van der Waals surface area contributed by atoms with Gasteiger partial charge in [0, 0.05) is 54.8 Å². The number of halogens is 2. The number of aliphatic carboxylic acids is 1. The number of aromatic nitrogens is 3. The van der Waals surface area contributed by atoms with Gasteiger partial charge in [-0.05, 0) is 86.0 Å². The van der Waals surface area contributed by atoms with Crippen LogP contribution in [0.1, 0.15) is 42.4 Å². The van der Waals surface area contributed by atoms with Gasteiger partial charge in [0.15, 0.2) is 5.58 Å². The quantitative estimate of drug-likeness (QED) is 0.176. The first-order valence-corrected chi connectivity index (χ1v) is 15.9. The third-order valence-corrected chi connectivity index (χ3v) is 9.34. The number of fused-ring (bicyclic) bond motifs is 1. The summed E-state index contributed by atoms with van der Waals surface area (Å²) >= 11 is 0. The summed E-state index contributed by atoms with van der Waals surface area (Å²) in [6.07, 6.45) is 7.33. The number of carboxylic acid groups (broad SMARTS) is 1. The summed E-state index contributed by atoms with van der Waals surface area (Å²) in [6.45, 7) is 3.73. The summed E-state index contributed by atoms with van der Waals surface area (Å²) in [5, 5.41) is 9.62. The fraction of sp³-hybridized carbons (Fsp3) is 0.333. The highest BCUT2D eigenvalue weighted by Crippen LogP contribution is 2.38. The molecule has 0 saturated carbocycles. The summed E-state index contributed by atoms with van der Waals surface area (Å²) in [4.78, 5) is 29.8. The van der Waals surface area contributed by atoms with Crippen molar-refractivity contribution >= 4 is 23.0 Å². The van der Waals surface area contributed by atoms with Crippen LogP contribution in [0.4, 0.5) is 14.7 Å². The maximum Gasteiger partial charge on any atom is 0.387 e. The third-order valence-electron chi connectivity index (χ3n) is 9.34. The van der Waals surface area contributed by atoms with E-state index in [1.54, 1.807) is 11.0 Å². The molecule has 3 aromatic carbocycles. The number of alkyl halides is 2. The maximum atomic E-state index is 13.4. The molecule has 1 N–H and O–H groups in total. The van der Waals surface area contributed by atoms with E-state index < -0.39 is 18.6 Å². The maximum absolute atomic E-state index is 13.4. The molecule has 0 spiro atoms. The number of hydrogen-bond acceptors (Lipinski definition) is 8. The van der Waals surface area contributed by atoms with Crippen LogP contribution in [0.3, 0.4) is 0 Å². The molecule has 5 aromatic rings. The predicted molar refractivity (Wildman–Crippen MR) is 175 cm³/mol. The fourth-order valence-corrected chi connectivity index (χ4v) is 6.90. The number of hydrogen-bond donors (Lipinski definition) is 1. The predicted octanol–water partition coefficient (Wildman–Crippen LogP) is 7.49. The molecule has 2 fully saturated rings. The van der Waals surface area contributed by atoms with E-state index in [1.807, 2.05) is 37.5 Å². The third kappa shape index (κ3) is 6.03. The van der Waals surface area contributed by atoms with Gasteiger partial charge >= 0.3 is 12.6 Å². The van der Waals surface area contributed by atoms with Gasteiger partial charge in [-0.1, -0.05) is 30.3 Å². The molecule has 1 atom stereocenters.